The van der Waals surface area contributed by atoms with E-state index in [1.807, 2.05) is 18.0 Å². The molecule has 0 bridgehead atoms. The zero-order valence-electron chi connectivity index (χ0n) is 16.6. The predicted molar refractivity (Wildman–Crippen MR) is 111 cm³/mol. The van der Waals surface area contributed by atoms with Crippen molar-refractivity contribution in [3.8, 4) is 0 Å². The van der Waals surface area contributed by atoms with Gasteiger partial charge in [0.25, 0.3) is 11.8 Å². The normalized spacial score (nSPS) is 18.5. The molecule has 5 heteroatoms. The minimum atomic E-state index is -0.0955. The third-order valence-corrected chi connectivity index (χ3v) is 5.87. The molecule has 5 nitrogen and oxygen atoms in total. The maximum absolute atomic E-state index is 12.8. The number of nitrogens with zero attached hydrogens (tertiary/aromatic N) is 2. The summed E-state index contributed by atoms with van der Waals surface area (Å²) in [4.78, 5) is 29.6. The largest absolute Gasteiger partial charge is 0.354 e. The van der Waals surface area contributed by atoms with Crippen molar-refractivity contribution in [3.05, 3.63) is 64.7 Å². The number of hydrogen-bond donors (Lipinski definition) is 1. The number of nitrogens with one attached hydrogen (secondary N) is 1. The maximum Gasteiger partial charge on any atom is 0.257 e. The monoisotopic (exact) mass is 377 g/mol. The van der Waals surface area contributed by atoms with Gasteiger partial charge in [-0.05, 0) is 56.4 Å². The van der Waals surface area contributed by atoms with Crippen LogP contribution in [0.5, 0.6) is 0 Å². The summed E-state index contributed by atoms with van der Waals surface area (Å²) in [6, 6.07) is 13.8. The summed E-state index contributed by atoms with van der Waals surface area (Å²) in [6.07, 6.45) is 4.08. The van der Waals surface area contributed by atoms with E-state index in [9.17, 15) is 9.59 Å². The average Bonchev–Trinajstić information content (AvgIpc) is 2.73. The Morgan fingerprint density at radius 1 is 1.14 bits per heavy atom. The van der Waals surface area contributed by atoms with Crippen LogP contribution in [0.1, 0.15) is 51.1 Å². The van der Waals surface area contributed by atoms with Gasteiger partial charge < -0.3 is 15.1 Å². The number of carbonyl (C=O) groups is 2. The van der Waals surface area contributed by atoms with Gasteiger partial charge in [0.05, 0.1) is 11.3 Å². The number of amides is 2. The van der Waals surface area contributed by atoms with Gasteiger partial charge in [0.2, 0.25) is 0 Å². The molecular weight excluding hydrogens is 350 g/mol. The first-order valence-corrected chi connectivity index (χ1v) is 10.1. The molecule has 0 spiro atoms. The van der Waals surface area contributed by atoms with Gasteiger partial charge in [0.1, 0.15) is 6.17 Å². The van der Waals surface area contributed by atoms with E-state index in [1.54, 1.807) is 12.1 Å². The van der Waals surface area contributed by atoms with Crippen LogP contribution in [0.15, 0.2) is 42.5 Å². The fourth-order valence-electron chi connectivity index (χ4n) is 4.19. The molecule has 4 rings (SSSR count). The van der Waals surface area contributed by atoms with Gasteiger partial charge in [-0.1, -0.05) is 29.8 Å². The summed E-state index contributed by atoms with van der Waals surface area (Å²) in [6.45, 7) is 3.47. The molecule has 2 amide bonds. The minimum absolute atomic E-state index is 0.0872. The molecule has 0 aromatic heterocycles. The van der Waals surface area contributed by atoms with Crippen LogP contribution in [0.25, 0.3) is 0 Å². The highest BCUT2D eigenvalue weighted by Gasteiger charge is 2.37. The second-order valence-electron chi connectivity index (χ2n) is 7.81. The van der Waals surface area contributed by atoms with Crippen LogP contribution in [-0.2, 0) is 6.42 Å². The average molecular weight is 377 g/mol. The Kier molecular flexibility index (Phi) is 5.07. The molecule has 0 radical (unpaired) electrons. The van der Waals surface area contributed by atoms with Gasteiger partial charge in [-0.2, -0.15) is 0 Å². The van der Waals surface area contributed by atoms with Crippen molar-refractivity contribution < 1.29 is 9.59 Å². The third-order valence-electron chi connectivity index (χ3n) is 5.87. The summed E-state index contributed by atoms with van der Waals surface area (Å²) in [5.74, 6) is -0.00837. The SMILES string of the molecule is Cc1ccc(CCNC(=O)c2ccc3c(c2)N(C)[C@@H]2CCCCN2C3=O)cc1. The maximum atomic E-state index is 12.8. The molecule has 2 aliphatic heterocycles. The summed E-state index contributed by atoms with van der Waals surface area (Å²) in [5.41, 5.74) is 4.60. The van der Waals surface area contributed by atoms with Gasteiger partial charge in [0.15, 0.2) is 0 Å². The second-order valence-corrected chi connectivity index (χ2v) is 7.81. The Morgan fingerprint density at radius 3 is 2.71 bits per heavy atom. The van der Waals surface area contributed by atoms with E-state index in [0.29, 0.717) is 17.7 Å². The molecule has 2 heterocycles. The number of benzene rings is 2. The van der Waals surface area contributed by atoms with Crippen molar-refractivity contribution in [1.82, 2.24) is 10.2 Å². The van der Waals surface area contributed by atoms with Gasteiger partial charge in [-0.3, -0.25) is 9.59 Å². The standard InChI is InChI=1S/C23H27N3O2/c1-16-6-8-17(9-7-16)12-13-24-22(27)18-10-11-19-20(15-18)25(2)21-5-3-4-14-26(21)23(19)28/h6-11,15,21H,3-5,12-14H2,1-2H3,(H,24,27)/t21-/m0/s1. The number of fused-ring (bicyclic) bond motifs is 2. The molecular formula is C23H27N3O2. The molecule has 0 aliphatic carbocycles. The first-order valence-electron chi connectivity index (χ1n) is 10.1. The molecule has 2 aliphatic rings. The number of rotatable bonds is 4. The van der Waals surface area contributed by atoms with Crippen LogP contribution in [0.4, 0.5) is 5.69 Å². The molecule has 2 aromatic rings. The number of anilines is 1. The predicted octanol–water partition coefficient (Wildman–Crippen LogP) is 3.37. The van der Waals surface area contributed by atoms with Crippen molar-refractivity contribution in [2.24, 2.45) is 0 Å². The Hall–Kier alpha value is -2.82. The molecule has 1 saturated heterocycles. The molecule has 1 N–H and O–H groups in total. The van der Waals surface area contributed by atoms with Crippen molar-refractivity contribution in [1.29, 1.82) is 0 Å². The highest BCUT2D eigenvalue weighted by atomic mass is 16.2. The Labute approximate surface area is 166 Å². The molecule has 28 heavy (non-hydrogen) atoms. The fraction of sp³-hybridized carbons (Fsp3) is 0.391. The highest BCUT2D eigenvalue weighted by Crippen LogP contribution is 2.34. The lowest BCUT2D eigenvalue weighted by Gasteiger charge is -2.46. The van der Waals surface area contributed by atoms with Crippen LogP contribution in [0.2, 0.25) is 0 Å². The lowest BCUT2D eigenvalue weighted by molar-refractivity contribution is 0.0589. The van der Waals surface area contributed by atoms with Crippen LogP contribution in [0, 0.1) is 6.92 Å². The smallest absolute Gasteiger partial charge is 0.257 e. The number of hydrogen-bond acceptors (Lipinski definition) is 3. The Bertz CT molecular complexity index is 891. The van der Waals surface area contributed by atoms with E-state index in [1.165, 1.54) is 11.1 Å². The van der Waals surface area contributed by atoms with Crippen molar-refractivity contribution in [3.63, 3.8) is 0 Å². The van der Waals surface area contributed by atoms with Crippen LogP contribution < -0.4 is 10.2 Å². The summed E-state index contributed by atoms with van der Waals surface area (Å²) >= 11 is 0. The van der Waals surface area contributed by atoms with Crippen molar-refractivity contribution in [2.75, 3.05) is 25.0 Å². The third kappa shape index (κ3) is 3.49. The molecule has 146 valence electrons. The van der Waals surface area contributed by atoms with Gasteiger partial charge in [0, 0.05) is 25.7 Å². The highest BCUT2D eigenvalue weighted by molar-refractivity contribution is 6.04. The van der Waals surface area contributed by atoms with Crippen LogP contribution in [-0.4, -0.2) is 43.0 Å². The van der Waals surface area contributed by atoms with Crippen LogP contribution in [0.3, 0.4) is 0 Å². The van der Waals surface area contributed by atoms with Crippen molar-refractivity contribution in [2.45, 2.75) is 38.8 Å². The lowest BCUT2D eigenvalue weighted by atomic mass is 9.97. The zero-order valence-corrected chi connectivity index (χ0v) is 16.6. The molecule has 1 fully saturated rings. The van der Waals surface area contributed by atoms with E-state index < -0.39 is 0 Å². The second kappa shape index (κ2) is 7.66. The van der Waals surface area contributed by atoms with Gasteiger partial charge in [-0.15, -0.1) is 0 Å². The number of aryl methyl sites for hydroxylation is 1. The quantitative estimate of drug-likeness (QED) is 0.889. The Morgan fingerprint density at radius 2 is 1.93 bits per heavy atom. The number of carbonyl (C=O) groups excluding carboxylic acids is 2. The fourth-order valence-corrected chi connectivity index (χ4v) is 4.19. The molecule has 1 atom stereocenters. The van der Waals surface area contributed by atoms with Crippen LogP contribution >= 0.6 is 0 Å². The van der Waals surface area contributed by atoms with E-state index in [2.05, 4.69) is 41.4 Å². The summed E-state index contributed by atoms with van der Waals surface area (Å²) in [5, 5.41) is 3.00. The summed E-state index contributed by atoms with van der Waals surface area (Å²) < 4.78 is 0. The zero-order chi connectivity index (χ0) is 19.7. The first-order chi connectivity index (χ1) is 13.5. The minimum Gasteiger partial charge on any atom is -0.354 e. The van der Waals surface area contributed by atoms with E-state index in [-0.39, 0.29) is 18.0 Å². The summed E-state index contributed by atoms with van der Waals surface area (Å²) in [7, 11) is 2.02. The topological polar surface area (TPSA) is 52.7 Å². The van der Waals surface area contributed by atoms with Gasteiger partial charge in [-0.25, -0.2) is 0 Å². The lowest BCUT2D eigenvalue weighted by Crippen LogP contribution is -2.55. The molecule has 2 aromatic carbocycles. The Balaban J connectivity index is 1.46. The number of piperidine rings is 1. The van der Waals surface area contributed by atoms with E-state index in [4.69, 9.17) is 0 Å². The van der Waals surface area contributed by atoms with Crippen molar-refractivity contribution >= 4 is 17.5 Å². The van der Waals surface area contributed by atoms with E-state index in [0.717, 1.165) is 37.9 Å². The van der Waals surface area contributed by atoms with Gasteiger partial charge >= 0.3 is 0 Å². The molecule has 0 unspecified atom stereocenters. The molecule has 0 saturated carbocycles. The first kappa shape index (κ1) is 18.5. The van der Waals surface area contributed by atoms with E-state index >= 15 is 0 Å².